The molecule has 0 spiro atoms. The Morgan fingerprint density at radius 1 is 1.25 bits per heavy atom. The molecule has 2 rings (SSSR count). The van der Waals surface area contributed by atoms with Crippen molar-refractivity contribution in [1.29, 1.82) is 0 Å². The second-order valence-electron chi connectivity index (χ2n) is 5.76. The number of aromatic nitrogens is 2. The van der Waals surface area contributed by atoms with Crippen LogP contribution in [0.4, 0.5) is 0 Å². The number of benzene rings is 1. The highest BCUT2D eigenvalue weighted by molar-refractivity contribution is 6.33. The Kier molecular flexibility index (Phi) is 5.62. The van der Waals surface area contributed by atoms with Crippen LogP contribution in [0.15, 0.2) is 24.3 Å². The molecule has 0 saturated carbocycles. The molecule has 6 nitrogen and oxygen atoms in total. The number of carboxylic acids is 1. The molecule has 0 unspecified atom stereocenters. The van der Waals surface area contributed by atoms with Crippen LogP contribution in [-0.4, -0.2) is 45.3 Å². The molecule has 2 aromatic rings. The van der Waals surface area contributed by atoms with Gasteiger partial charge in [0.1, 0.15) is 5.15 Å². The van der Waals surface area contributed by atoms with Crippen LogP contribution in [0.1, 0.15) is 33.6 Å². The van der Waals surface area contributed by atoms with Gasteiger partial charge >= 0.3 is 5.97 Å². The fourth-order valence-corrected chi connectivity index (χ4v) is 2.64. The van der Waals surface area contributed by atoms with Crippen molar-refractivity contribution in [3.8, 4) is 0 Å². The van der Waals surface area contributed by atoms with Gasteiger partial charge in [0.05, 0.1) is 24.2 Å². The third-order valence-corrected chi connectivity index (χ3v) is 4.12. The van der Waals surface area contributed by atoms with Gasteiger partial charge in [0.15, 0.2) is 0 Å². The predicted molar refractivity (Wildman–Crippen MR) is 91.5 cm³/mol. The Hall–Kier alpha value is -2.34. The molecule has 7 heteroatoms. The van der Waals surface area contributed by atoms with Crippen molar-refractivity contribution in [2.45, 2.75) is 26.8 Å². The fraction of sp³-hybridized carbons (Fsp3) is 0.353. The van der Waals surface area contributed by atoms with E-state index in [9.17, 15) is 9.59 Å². The van der Waals surface area contributed by atoms with Crippen molar-refractivity contribution in [3.05, 3.63) is 51.8 Å². The number of aliphatic carboxylic acids is 1. The zero-order valence-corrected chi connectivity index (χ0v) is 14.7. The molecule has 128 valence electrons. The third-order valence-electron chi connectivity index (χ3n) is 3.74. The van der Waals surface area contributed by atoms with Crippen molar-refractivity contribution in [1.82, 2.24) is 14.7 Å². The van der Waals surface area contributed by atoms with Gasteiger partial charge in [-0.3, -0.25) is 9.59 Å². The third kappa shape index (κ3) is 4.14. The zero-order chi connectivity index (χ0) is 17.9. The van der Waals surface area contributed by atoms with Gasteiger partial charge in [-0.25, -0.2) is 4.68 Å². The molecular weight excluding hydrogens is 330 g/mol. The Bertz CT molecular complexity index is 753. The van der Waals surface area contributed by atoms with Crippen molar-refractivity contribution in [2.24, 2.45) is 0 Å². The van der Waals surface area contributed by atoms with E-state index in [0.29, 0.717) is 17.8 Å². The summed E-state index contributed by atoms with van der Waals surface area (Å²) < 4.78 is 1.58. The average molecular weight is 350 g/mol. The summed E-state index contributed by atoms with van der Waals surface area (Å²) in [6.07, 6.45) is -0.115. The second kappa shape index (κ2) is 7.49. The van der Waals surface area contributed by atoms with Crippen LogP contribution in [0, 0.1) is 13.8 Å². The maximum absolute atomic E-state index is 12.5. The largest absolute Gasteiger partial charge is 0.481 e. The van der Waals surface area contributed by atoms with Gasteiger partial charge in [-0.2, -0.15) is 5.10 Å². The van der Waals surface area contributed by atoms with Gasteiger partial charge in [0.2, 0.25) is 0 Å². The van der Waals surface area contributed by atoms with E-state index < -0.39 is 5.97 Å². The number of aryl methyl sites for hydroxylation is 2. The predicted octanol–water partition coefficient (Wildman–Crippen LogP) is 2.75. The molecule has 0 atom stereocenters. The van der Waals surface area contributed by atoms with E-state index in [1.807, 2.05) is 31.2 Å². The highest BCUT2D eigenvalue weighted by Crippen LogP contribution is 2.22. The number of hydrogen-bond donors (Lipinski definition) is 1. The molecule has 1 heterocycles. The number of halogens is 1. The molecule has 24 heavy (non-hydrogen) atoms. The number of carbonyl (C=O) groups is 2. The maximum atomic E-state index is 12.5. The normalized spacial score (nSPS) is 10.7. The SMILES string of the molecule is Cc1ccc(Cn2nc(C)c(C(=O)N(C)CCC(=O)O)c2Cl)cc1. The lowest BCUT2D eigenvalue weighted by Gasteiger charge is -2.15. The molecule has 1 aromatic carbocycles. The summed E-state index contributed by atoms with van der Waals surface area (Å²) >= 11 is 6.35. The van der Waals surface area contributed by atoms with E-state index in [2.05, 4.69) is 5.10 Å². The van der Waals surface area contributed by atoms with Gasteiger partial charge in [-0.15, -0.1) is 0 Å². The second-order valence-corrected chi connectivity index (χ2v) is 6.12. The quantitative estimate of drug-likeness (QED) is 0.870. The van der Waals surface area contributed by atoms with Crippen LogP contribution >= 0.6 is 11.6 Å². The van der Waals surface area contributed by atoms with Crippen LogP contribution < -0.4 is 0 Å². The summed E-state index contributed by atoms with van der Waals surface area (Å²) in [5.41, 5.74) is 3.04. The maximum Gasteiger partial charge on any atom is 0.305 e. The Morgan fingerprint density at radius 2 is 1.88 bits per heavy atom. The smallest absolute Gasteiger partial charge is 0.305 e. The number of carbonyl (C=O) groups excluding carboxylic acids is 1. The molecular formula is C17H20ClN3O3. The van der Waals surface area contributed by atoms with E-state index in [1.165, 1.54) is 4.90 Å². The Labute approximate surface area is 145 Å². The minimum Gasteiger partial charge on any atom is -0.481 e. The van der Waals surface area contributed by atoms with Crippen molar-refractivity contribution in [3.63, 3.8) is 0 Å². The molecule has 0 saturated heterocycles. The zero-order valence-electron chi connectivity index (χ0n) is 13.9. The van der Waals surface area contributed by atoms with E-state index in [0.717, 1.165) is 11.1 Å². The topological polar surface area (TPSA) is 75.4 Å². The molecule has 0 bridgehead atoms. The first-order chi connectivity index (χ1) is 11.3. The number of rotatable bonds is 6. The van der Waals surface area contributed by atoms with E-state index in [-0.39, 0.29) is 24.0 Å². The van der Waals surface area contributed by atoms with Gasteiger partial charge in [0, 0.05) is 13.6 Å². The summed E-state index contributed by atoms with van der Waals surface area (Å²) in [4.78, 5) is 24.5. The lowest BCUT2D eigenvalue weighted by Crippen LogP contribution is -2.29. The summed E-state index contributed by atoms with van der Waals surface area (Å²) in [5.74, 6) is -1.28. The molecule has 1 amide bonds. The van der Waals surface area contributed by atoms with Crippen LogP contribution in [0.2, 0.25) is 5.15 Å². The first-order valence-electron chi connectivity index (χ1n) is 7.55. The summed E-state index contributed by atoms with van der Waals surface area (Å²) in [6.45, 7) is 4.31. The van der Waals surface area contributed by atoms with Crippen LogP contribution in [0.5, 0.6) is 0 Å². The summed E-state index contributed by atoms with van der Waals surface area (Å²) in [6, 6.07) is 7.99. The number of nitrogens with zero attached hydrogens (tertiary/aromatic N) is 3. The van der Waals surface area contributed by atoms with Crippen LogP contribution in [0.25, 0.3) is 0 Å². The minimum atomic E-state index is -0.951. The van der Waals surface area contributed by atoms with Crippen molar-refractivity contribution >= 4 is 23.5 Å². The fourth-order valence-electron chi connectivity index (χ4n) is 2.32. The average Bonchev–Trinajstić information content (AvgIpc) is 2.80. The molecule has 1 N–H and O–H groups in total. The molecule has 0 aliphatic rings. The van der Waals surface area contributed by atoms with Gasteiger partial charge < -0.3 is 10.0 Å². The highest BCUT2D eigenvalue weighted by atomic mass is 35.5. The minimum absolute atomic E-state index is 0.115. The number of hydrogen-bond acceptors (Lipinski definition) is 3. The Morgan fingerprint density at radius 3 is 2.46 bits per heavy atom. The van der Waals surface area contributed by atoms with Crippen LogP contribution in [-0.2, 0) is 11.3 Å². The lowest BCUT2D eigenvalue weighted by molar-refractivity contribution is -0.137. The summed E-state index contributed by atoms with van der Waals surface area (Å²) in [7, 11) is 1.55. The molecule has 1 aromatic heterocycles. The molecule has 0 aliphatic carbocycles. The Balaban J connectivity index is 2.20. The van der Waals surface area contributed by atoms with Gasteiger partial charge in [0.25, 0.3) is 5.91 Å². The van der Waals surface area contributed by atoms with Crippen molar-refractivity contribution < 1.29 is 14.7 Å². The number of amides is 1. The first kappa shape index (κ1) is 18.0. The van der Waals surface area contributed by atoms with Gasteiger partial charge in [-0.05, 0) is 19.4 Å². The first-order valence-corrected chi connectivity index (χ1v) is 7.93. The highest BCUT2D eigenvalue weighted by Gasteiger charge is 2.23. The molecule has 0 fully saturated rings. The van der Waals surface area contributed by atoms with E-state index in [4.69, 9.17) is 16.7 Å². The van der Waals surface area contributed by atoms with E-state index >= 15 is 0 Å². The number of carboxylic acid groups (broad SMARTS) is 1. The van der Waals surface area contributed by atoms with Gasteiger partial charge in [-0.1, -0.05) is 41.4 Å². The standard InChI is InChI=1S/C17H20ClN3O3/c1-11-4-6-13(7-5-11)10-21-16(18)15(12(2)19-21)17(24)20(3)9-8-14(22)23/h4-7H,8-10H2,1-3H3,(H,22,23). The summed E-state index contributed by atoms with van der Waals surface area (Å²) in [5, 5.41) is 13.3. The van der Waals surface area contributed by atoms with Crippen molar-refractivity contribution in [2.75, 3.05) is 13.6 Å². The monoisotopic (exact) mass is 349 g/mol. The van der Waals surface area contributed by atoms with Crippen LogP contribution in [0.3, 0.4) is 0 Å². The molecule has 0 radical (unpaired) electrons. The lowest BCUT2D eigenvalue weighted by atomic mass is 10.1. The van der Waals surface area contributed by atoms with E-state index in [1.54, 1.807) is 18.7 Å². The molecule has 0 aliphatic heterocycles.